The zero-order valence-corrected chi connectivity index (χ0v) is 37.0. The van der Waals surface area contributed by atoms with Gasteiger partial charge in [0.15, 0.2) is 0 Å². The van der Waals surface area contributed by atoms with Crippen molar-refractivity contribution in [2.45, 2.75) is 154 Å². The third kappa shape index (κ3) is 12.5. The predicted molar refractivity (Wildman–Crippen MR) is 223 cm³/mol. The molecule has 1 aliphatic carbocycles. The highest BCUT2D eigenvalue weighted by Gasteiger charge is 2.60. The summed E-state index contributed by atoms with van der Waals surface area (Å²) >= 11 is 12.8. The smallest absolute Gasteiger partial charge is 0.354 e. The second-order valence-electron chi connectivity index (χ2n) is 16.9. The first kappa shape index (κ1) is 49.5. The van der Waals surface area contributed by atoms with Gasteiger partial charge in [0, 0.05) is 36.6 Å². The Kier molecular flexibility index (Phi) is 17.7. The average Bonchev–Trinajstić information content (AvgIpc) is 3.70. The summed E-state index contributed by atoms with van der Waals surface area (Å²) in [6.07, 6.45) is -2.70. The van der Waals surface area contributed by atoms with Crippen molar-refractivity contribution < 1.29 is 46.7 Å². The lowest BCUT2D eigenvalue weighted by Crippen LogP contribution is -2.60. The second-order valence-corrected chi connectivity index (χ2v) is 17.8. The van der Waals surface area contributed by atoms with Crippen LogP contribution in [0.2, 0.25) is 10.0 Å². The first-order chi connectivity index (χ1) is 28.7. The van der Waals surface area contributed by atoms with Gasteiger partial charge in [0.25, 0.3) is 0 Å². The van der Waals surface area contributed by atoms with Gasteiger partial charge in [-0.15, -0.1) is 0 Å². The van der Waals surface area contributed by atoms with E-state index in [-0.39, 0.29) is 69.7 Å². The van der Waals surface area contributed by atoms with Gasteiger partial charge in [-0.1, -0.05) is 63.2 Å². The molecule has 4 rings (SSSR count). The van der Waals surface area contributed by atoms with Gasteiger partial charge < -0.3 is 36.4 Å². The molecule has 1 aromatic carbocycles. The normalized spacial score (nSPS) is 24.1. The Bertz CT molecular complexity index is 1780. The number of likely N-dealkylation sites (N-methyl/N-ethyl adjacent to an activating group) is 1. The topological polar surface area (TPSA) is 186 Å². The zero-order valence-electron chi connectivity index (χ0n) is 35.5. The fraction of sp³-hybridized carbons (Fsp3) is 0.690. The molecule has 1 saturated carbocycles. The number of benzene rings is 1. The van der Waals surface area contributed by atoms with E-state index in [9.17, 15) is 46.7 Å². The number of carbonyl (C=O) groups is 7. The van der Waals surface area contributed by atoms with Crippen LogP contribution in [-0.4, -0.2) is 114 Å². The molecule has 0 bridgehead atoms. The summed E-state index contributed by atoms with van der Waals surface area (Å²) in [6.45, 7) is 7.09. The van der Waals surface area contributed by atoms with Crippen molar-refractivity contribution in [1.82, 2.24) is 36.4 Å². The largest absolute Gasteiger partial charge is 0.403 e. The van der Waals surface area contributed by atoms with E-state index >= 15 is 0 Å². The molecule has 0 radical (unpaired) electrons. The van der Waals surface area contributed by atoms with Crippen molar-refractivity contribution in [1.29, 1.82) is 0 Å². The van der Waals surface area contributed by atoms with E-state index in [4.69, 9.17) is 23.2 Å². The average molecular weight is 903 g/mol. The lowest BCUT2D eigenvalue weighted by Gasteiger charge is -2.38. The fourth-order valence-electron chi connectivity index (χ4n) is 8.44. The van der Waals surface area contributed by atoms with Gasteiger partial charge in [0.2, 0.25) is 41.4 Å². The first-order valence-electron chi connectivity index (χ1n) is 21.3. The maximum absolute atomic E-state index is 14.2. The Morgan fingerprint density at radius 1 is 0.902 bits per heavy atom. The summed E-state index contributed by atoms with van der Waals surface area (Å²) in [7, 11) is 1.36. The number of carbonyl (C=O) groups excluding carboxylic acids is 7. The van der Waals surface area contributed by atoms with Crippen molar-refractivity contribution in [2.75, 3.05) is 20.1 Å². The van der Waals surface area contributed by atoms with Crippen LogP contribution in [0.4, 0.5) is 13.2 Å². The van der Waals surface area contributed by atoms with Crippen LogP contribution in [0.5, 0.6) is 0 Å². The van der Waals surface area contributed by atoms with Crippen LogP contribution in [-0.2, 0) is 40.0 Å². The first-order valence-corrected chi connectivity index (χ1v) is 22.0. The van der Waals surface area contributed by atoms with Crippen molar-refractivity contribution in [3.05, 3.63) is 33.8 Å². The highest BCUT2D eigenvalue weighted by Crippen LogP contribution is 2.49. The molecule has 3 fully saturated rings. The SMILES string of the molecule is CC[C@H](NC(=O)C1(C(F)(F)F)CCCCC1)C(=O)N[C@@H](C)C(=O)N(C)[C@H]1CCCCNC(=O)[C@H]2CCCN2C(=O)[C@H](Cc2cc(Cl)ccc2Cl)NC(=O)[C@H](CC(C)C)NC1=O. The van der Waals surface area contributed by atoms with E-state index in [1.54, 1.807) is 18.2 Å². The molecule has 3 aliphatic rings. The Labute approximate surface area is 365 Å². The van der Waals surface area contributed by atoms with Gasteiger partial charge in [0.05, 0.1) is 0 Å². The molecule has 340 valence electrons. The molecule has 61 heavy (non-hydrogen) atoms. The summed E-state index contributed by atoms with van der Waals surface area (Å²) < 4.78 is 42.7. The van der Waals surface area contributed by atoms with Gasteiger partial charge >= 0.3 is 6.18 Å². The van der Waals surface area contributed by atoms with Gasteiger partial charge in [-0.2, -0.15) is 13.2 Å². The fourth-order valence-corrected chi connectivity index (χ4v) is 8.83. The minimum Gasteiger partial charge on any atom is -0.354 e. The Balaban J connectivity index is 1.56. The van der Waals surface area contributed by atoms with E-state index in [0.29, 0.717) is 54.3 Å². The number of fused-ring (bicyclic) bond motifs is 1. The number of nitrogens with one attached hydrogen (secondary N) is 5. The number of hydrogen-bond donors (Lipinski definition) is 5. The van der Waals surface area contributed by atoms with E-state index in [0.717, 1.165) is 4.90 Å². The third-order valence-electron chi connectivity index (χ3n) is 12.0. The molecule has 2 saturated heterocycles. The van der Waals surface area contributed by atoms with Crippen LogP contribution < -0.4 is 26.6 Å². The minimum absolute atomic E-state index is 0.0551. The van der Waals surface area contributed by atoms with Crippen molar-refractivity contribution in [3.63, 3.8) is 0 Å². The third-order valence-corrected chi connectivity index (χ3v) is 12.6. The van der Waals surface area contributed by atoms with Crippen LogP contribution in [0.15, 0.2) is 18.2 Å². The number of nitrogens with zero attached hydrogens (tertiary/aromatic N) is 2. The summed E-state index contributed by atoms with van der Waals surface area (Å²) in [4.78, 5) is 99.1. The van der Waals surface area contributed by atoms with Gasteiger partial charge in [-0.25, -0.2) is 0 Å². The number of amides is 7. The molecule has 1 aromatic rings. The van der Waals surface area contributed by atoms with Crippen LogP contribution >= 0.6 is 23.2 Å². The van der Waals surface area contributed by atoms with E-state index in [2.05, 4.69) is 26.6 Å². The summed E-state index contributed by atoms with van der Waals surface area (Å²) in [5, 5.41) is 13.9. The van der Waals surface area contributed by atoms with Crippen molar-refractivity contribution in [3.8, 4) is 0 Å². The number of halogens is 5. The summed E-state index contributed by atoms with van der Waals surface area (Å²) in [5.41, 5.74) is -2.13. The summed E-state index contributed by atoms with van der Waals surface area (Å²) in [6, 6.07) is -2.21. The van der Waals surface area contributed by atoms with Crippen LogP contribution in [0.25, 0.3) is 0 Å². The van der Waals surface area contributed by atoms with Crippen LogP contribution in [0.3, 0.4) is 0 Å². The van der Waals surface area contributed by atoms with Gasteiger partial charge in [-0.3, -0.25) is 33.6 Å². The molecule has 14 nitrogen and oxygen atoms in total. The molecule has 7 amide bonds. The monoisotopic (exact) mass is 901 g/mol. The van der Waals surface area contributed by atoms with E-state index in [1.807, 2.05) is 13.8 Å². The quantitative estimate of drug-likeness (QED) is 0.215. The molecular formula is C42H60Cl2F3N7O7. The molecule has 6 atom stereocenters. The standard InChI is InChI=1S/C42H60Cl2F3N7O7/c1-6-29(52-40(61)41(42(45,46)47)17-9-7-10-18-41)34(55)49-25(4)38(59)53(5)32-13-8-11-19-48-36(57)33-14-12-20-54(33)39(60)31(23-26-22-27(43)15-16-28(26)44)51-35(56)30(21-24(2)3)50-37(32)58/h15-16,22,24-25,29-33H,6-14,17-21,23H2,1-5H3,(H,48,57)(H,49,55)(H,50,58)(H,51,56)(H,52,61)/t25-,29-,30-,31-,32-,33+/m0/s1. The molecule has 0 unspecified atom stereocenters. The maximum Gasteiger partial charge on any atom is 0.403 e. The lowest BCUT2D eigenvalue weighted by atomic mass is 9.72. The van der Waals surface area contributed by atoms with E-state index < -0.39 is 83.3 Å². The van der Waals surface area contributed by atoms with Gasteiger partial charge in [-0.05, 0) is 94.4 Å². The van der Waals surface area contributed by atoms with Crippen molar-refractivity contribution >= 4 is 64.6 Å². The number of rotatable bonds is 11. The molecule has 2 heterocycles. The lowest BCUT2D eigenvalue weighted by molar-refractivity contribution is -0.230. The molecule has 0 aromatic heterocycles. The molecule has 2 aliphatic heterocycles. The predicted octanol–water partition coefficient (Wildman–Crippen LogP) is 4.58. The van der Waals surface area contributed by atoms with Crippen molar-refractivity contribution in [2.24, 2.45) is 11.3 Å². The highest BCUT2D eigenvalue weighted by atomic mass is 35.5. The number of hydrogen-bond acceptors (Lipinski definition) is 7. The maximum atomic E-state index is 14.2. The highest BCUT2D eigenvalue weighted by molar-refractivity contribution is 6.33. The van der Waals surface area contributed by atoms with E-state index in [1.165, 1.54) is 25.8 Å². The molecule has 0 spiro atoms. The Morgan fingerprint density at radius 2 is 1.57 bits per heavy atom. The second kappa shape index (κ2) is 21.8. The Morgan fingerprint density at radius 3 is 2.21 bits per heavy atom. The number of alkyl halides is 3. The van der Waals surface area contributed by atoms with Gasteiger partial charge in [0.1, 0.15) is 41.7 Å². The Hall–Kier alpha value is -4.12. The molecule has 5 N–H and O–H groups in total. The molecular weight excluding hydrogens is 842 g/mol. The summed E-state index contributed by atoms with van der Waals surface area (Å²) in [5.74, 6) is -5.19. The molecule has 19 heteroatoms. The zero-order chi connectivity index (χ0) is 45.2. The van der Waals surface area contributed by atoms with Crippen LogP contribution in [0.1, 0.15) is 110 Å². The minimum atomic E-state index is -4.81. The van der Waals surface area contributed by atoms with Crippen LogP contribution in [0, 0.1) is 11.3 Å².